The first kappa shape index (κ1) is 18.8. The number of nitrogens with one attached hydrogen (secondary N) is 3. The van der Waals surface area contributed by atoms with Crippen LogP contribution in [0, 0.1) is 6.92 Å². The molecule has 2 aromatic rings. The lowest BCUT2D eigenvalue weighted by Gasteiger charge is -2.35. The average molecular weight is 356 g/mol. The van der Waals surface area contributed by atoms with Crippen molar-refractivity contribution < 1.29 is 0 Å². The molecule has 0 amide bonds. The summed E-state index contributed by atoms with van der Waals surface area (Å²) in [5.41, 5.74) is 3.92. The summed E-state index contributed by atoms with van der Waals surface area (Å²) in [6, 6.07) is 7.59. The molecule has 1 aliphatic rings. The molecule has 1 fully saturated rings. The van der Waals surface area contributed by atoms with Crippen molar-refractivity contribution in [2.24, 2.45) is 4.99 Å². The van der Waals surface area contributed by atoms with E-state index in [4.69, 9.17) is 0 Å². The monoisotopic (exact) mass is 355 g/mol. The van der Waals surface area contributed by atoms with Gasteiger partial charge < -0.3 is 20.5 Å². The Hall–Kier alpha value is -2.01. The minimum absolute atomic E-state index is 0.520. The number of aliphatic imine (C=N–C) groups is 1. The SMILES string of the molecule is CN=C(NCCc1c[nH]c2cccc(C)c12)NC1CCN(C(C)C)CC1. The van der Waals surface area contributed by atoms with Crippen molar-refractivity contribution in [3.05, 3.63) is 35.5 Å². The lowest BCUT2D eigenvalue weighted by atomic mass is 10.0. The number of aryl methyl sites for hydroxylation is 1. The second kappa shape index (κ2) is 8.58. The number of piperidine rings is 1. The maximum atomic E-state index is 4.41. The predicted molar refractivity (Wildman–Crippen MR) is 111 cm³/mol. The second-order valence-corrected chi connectivity index (χ2v) is 7.61. The van der Waals surface area contributed by atoms with E-state index in [2.05, 4.69) is 70.7 Å². The van der Waals surface area contributed by atoms with Gasteiger partial charge in [0.2, 0.25) is 0 Å². The molecule has 3 rings (SSSR count). The number of hydrogen-bond acceptors (Lipinski definition) is 2. The zero-order valence-corrected chi connectivity index (χ0v) is 16.6. The largest absolute Gasteiger partial charge is 0.361 e. The van der Waals surface area contributed by atoms with Gasteiger partial charge in [-0.15, -0.1) is 0 Å². The average Bonchev–Trinajstić information content (AvgIpc) is 3.06. The van der Waals surface area contributed by atoms with Gasteiger partial charge in [0.1, 0.15) is 0 Å². The summed E-state index contributed by atoms with van der Waals surface area (Å²) in [5.74, 6) is 0.921. The maximum absolute atomic E-state index is 4.41. The number of nitrogens with zero attached hydrogens (tertiary/aromatic N) is 2. The van der Waals surface area contributed by atoms with E-state index >= 15 is 0 Å². The molecule has 26 heavy (non-hydrogen) atoms. The Labute approximate surface area is 157 Å². The van der Waals surface area contributed by atoms with Gasteiger partial charge in [-0.2, -0.15) is 0 Å². The molecule has 0 atom stereocenters. The molecule has 0 saturated carbocycles. The lowest BCUT2D eigenvalue weighted by molar-refractivity contribution is 0.167. The van der Waals surface area contributed by atoms with Crippen molar-refractivity contribution >= 4 is 16.9 Å². The summed E-state index contributed by atoms with van der Waals surface area (Å²) in [5, 5.41) is 8.44. The number of aromatic amines is 1. The fraction of sp³-hybridized carbons (Fsp3) is 0.571. The molecule has 1 aromatic heterocycles. The van der Waals surface area contributed by atoms with Gasteiger partial charge in [-0.3, -0.25) is 4.99 Å². The topological polar surface area (TPSA) is 55.5 Å². The van der Waals surface area contributed by atoms with Crippen molar-refractivity contribution in [1.82, 2.24) is 20.5 Å². The minimum Gasteiger partial charge on any atom is -0.361 e. The zero-order chi connectivity index (χ0) is 18.5. The Kier molecular flexibility index (Phi) is 6.20. The van der Waals surface area contributed by atoms with E-state index in [-0.39, 0.29) is 0 Å². The molecule has 3 N–H and O–H groups in total. The Morgan fingerprint density at radius 2 is 2.08 bits per heavy atom. The van der Waals surface area contributed by atoms with Crippen molar-refractivity contribution in [2.45, 2.75) is 52.1 Å². The van der Waals surface area contributed by atoms with Crippen LogP contribution in [-0.2, 0) is 6.42 Å². The first-order valence-corrected chi connectivity index (χ1v) is 9.85. The Balaban J connectivity index is 1.49. The van der Waals surface area contributed by atoms with Gasteiger partial charge in [0.25, 0.3) is 0 Å². The molecule has 1 aromatic carbocycles. The van der Waals surface area contributed by atoms with Gasteiger partial charge >= 0.3 is 0 Å². The van der Waals surface area contributed by atoms with Crippen LogP contribution in [0.4, 0.5) is 0 Å². The number of benzene rings is 1. The molecule has 0 unspecified atom stereocenters. The van der Waals surface area contributed by atoms with E-state index in [9.17, 15) is 0 Å². The van der Waals surface area contributed by atoms with Crippen LogP contribution in [0.2, 0.25) is 0 Å². The van der Waals surface area contributed by atoms with E-state index in [1.807, 2.05) is 7.05 Å². The fourth-order valence-electron chi connectivity index (χ4n) is 3.91. The Bertz CT molecular complexity index is 738. The Morgan fingerprint density at radius 3 is 2.77 bits per heavy atom. The zero-order valence-electron chi connectivity index (χ0n) is 16.6. The third kappa shape index (κ3) is 4.39. The number of hydrogen-bond donors (Lipinski definition) is 3. The summed E-state index contributed by atoms with van der Waals surface area (Å²) in [6.45, 7) is 9.95. The number of H-pyrrole nitrogens is 1. The van der Waals surface area contributed by atoms with E-state index in [0.717, 1.165) is 18.9 Å². The normalized spacial score (nSPS) is 17.2. The molecule has 5 nitrogen and oxygen atoms in total. The minimum atomic E-state index is 0.520. The summed E-state index contributed by atoms with van der Waals surface area (Å²) in [6.07, 6.45) is 5.48. The van der Waals surface area contributed by atoms with Crippen LogP contribution in [0.1, 0.15) is 37.8 Å². The van der Waals surface area contributed by atoms with Crippen LogP contribution < -0.4 is 10.6 Å². The number of guanidine groups is 1. The number of likely N-dealkylation sites (tertiary alicyclic amines) is 1. The quantitative estimate of drug-likeness (QED) is 0.571. The molecule has 0 spiro atoms. The third-order valence-corrected chi connectivity index (χ3v) is 5.51. The van der Waals surface area contributed by atoms with Crippen molar-refractivity contribution in [3.63, 3.8) is 0 Å². The Morgan fingerprint density at radius 1 is 1.31 bits per heavy atom. The summed E-state index contributed by atoms with van der Waals surface area (Å²) in [4.78, 5) is 10.3. The molecule has 2 heterocycles. The highest BCUT2D eigenvalue weighted by atomic mass is 15.2. The maximum Gasteiger partial charge on any atom is 0.191 e. The molecule has 0 radical (unpaired) electrons. The van der Waals surface area contributed by atoms with E-state index in [1.165, 1.54) is 48.0 Å². The molecule has 1 saturated heterocycles. The van der Waals surface area contributed by atoms with Crippen LogP contribution in [0.15, 0.2) is 29.4 Å². The highest BCUT2D eigenvalue weighted by molar-refractivity contribution is 5.86. The van der Waals surface area contributed by atoms with Crippen LogP contribution in [0.3, 0.4) is 0 Å². The third-order valence-electron chi connectivity index (χ3n) is 5.51. The lowest BCUT2D eigenvalue weighted by Crippen LogP contribution is -2.50. The standard InChI is InChI=1S/C21H33N5/c1-15(2)26-12-9-18(10-13-26)25-21(22-4)23-11-8-17-14-24-19-7-5-6-16(3)20(17)19/h5-7,14-15,18,24H,8-13H2,1-4H3,(H2,22,23,25). The highest BCUT2D eigenvalue weighted by Crippen LogP contribution is 2.22. The smallest absolute Gasteiger partial charge is 0.191 e. The molecule has 1 aliphatic heterocycles. The number of aromatic nitrogens is 1. The van der Waals surface area contributed by atoms with Gasteiger partial charge in [-0.1, -0.05) is 12.1 Å². The van der Waals surface area contributed by atoms with Crippen LogP contribution in [-0.4, -0.2) is 54.6 Å². The van der Waals surface area contributed by atoms with Crippen molar-refractivity contribution in [1.29, 1.82) is 0 Å². The molecule has 142 valence electrons. The van der Waals surface area contributed by atoms with Crippen LogP contribution in [0.5, 0.6) is 0 Å². The van der Waals surface area contributed by atoms with Gasteiger partial charge in [-0.25, -0.2) is 0 Å². The van der Waals surface area contributed by atoms with E-state index in [1.54, 1.807) is 0 Å². The summed E-state index contributed by atoms with van der Waals surface area (Å²) in [7, 11) is 1.86. The first-order chi connectivity index (χ1) is 12.6. The summed E-state index contributed by atoms with van der Waals surface area (Å²) >= 11 is 0. The highest BCUT2D eigenvalue weighted by Gasteiger charge is 2.21. The number of rotatable bonds is 5. The molecular weight excluding hydrogens is 322 g/mol. The first-order valence-electron chi connectivity index (χ1n) is 9.85. The van der Waals surface area contributed by atoms with Crippen LogP contribution in [0.25, 0.3) is 10.9 Å². The van der Waals surface area contributed by atoms with Crippen molar-refractivity contribution in [2.75, 3.05) is 26.7 Å². The number of fused-ring (bicyclic) bond motifs is 1. The van der Waals surface area contributed by atoms with Gasteiger partial charge in [-0.05, 0) is 57.2 Å². The fourth-order valence-corrected chi connectivity index (χ4v) is 3.91. The van der Waals surface area contributed by atoms with Gasteiger partial charge in [0, 0.05) is 55.9 Å². The molecule has 5 heteroatoms. The summed E-state index contributed by atoms with van der Waals surface area (Å²) < 4.78 is 0. The van der Waals surface area contributed by atoms with E-state index in [0.29, 0.717) is 12.1 Å². The molecule has 0 bridgehead atoms. The molecular formula is C21H33N5. The van der Waals surface area contributed by atoms with E-state index < -0.39 is 0 Å². The second-order valence-electron chi connectivity index (χ2n) is 7.61. The van der Waals surface area contributed by atoms with Crippen molar-refractivity contribution in [3.8, 4) is 0 Å². The predicted octanol–water partition coefficient (Wildman–Crippen LogP) is 3.06. The van der Waals surface area contributed by atoms with Gasteiger partial charge in [0.15, 0.2) is 5.96 Å². The van der Waals surface area contributed by atoms with Crippen LogP contribution >= 0.6 is 0 Å². The molecule has 0 aliphatic carbocycles. The van der Waals surface area contributed by atoms with Gasteiger partial charge in [0.05, 0.1) is 0 Å².